The fourth-order valence-electron chi connectivity index (χ4n) is 3.32. The smallest absolute Gasteiger partial charge is 0.271 e. The first kappa shape index (κ1) is 18.7. The minimum absolute atomic E-state index is 0.251. The van der Waals surface area contributed by atoms with Gasteiger partial charge < -0.3 is 9.64 Å². The molecule has 0 unspecified atom stereocenters. The second-order valence-electron chi connectivity index (χ2n) is 6.79. The molecule has 0 spiro atoms. The lowest BCUT2D eigenvalue weighted by molar-refractivity contribution is 0.0955. The van der Waals surface area contributed by atoms with Crippen LogP contribution in [-0.2, 0) is 13.1 Å². The van der Waals surface area contributed by atoms with Crippen LogP contribution in [0.2, 0.25) is 0 Å². The lowest BCUT2D eigenvalue weighted by atomic mass is 10.1. The molecule has 0 saturated heterocycles. The Morgan fingerprint density at radius 3 is 2.66 bits per heavy atom. The van der Waals surface area contributed by atoms with Gasteiger partial charge in [-0.05, 0) is 65.2 Å². The van der Waals surface area contributed by atoms with Crippen molar-refractivity contribution in [3.05, 3.63) is 94.8 Å². The minimum Gasteiger partial charge on any atom is -0.497 e. The molecule has 0 fully saturated rings. The van der Waals surface area contributed by atoms with Crippen molar-refractivity contribution in [3.8, 4) is 5.75 Å². The first-order valence-corrected chi connectivity index (χ1v) is 9.22. The van der Waals surface area contributed by atoms with E-state index in [1.54, 1.807) is 31.5 Å². The van der Waals surface area contributed by atoms with Gasteiger partial charge in [-0.15, -0.1) is 0 Å². The fourth-order valence-corrected chi connectivity index (χ4v) is 3.32. The van der Waals surface area contributed by atoms with Gasteiger partial charge in [0.05, 0.1) is 13.3 Å². The first-order valence-electron chi connectivity index (χ1n) is 9.22. The highest BCUT2D eigenvalue weighted by Crippen LogP contribution is 2.29. The van der Waals surface area contributed by atoms with Crippen molar-refractivity contribution in [1.29, 1.82) is 0 Å². The predicted molar refractivity (Wildman–Crippen MR) is 111 cm³/mol. The fraction of sp³-hybridized carbons (Fsp3) is 0.130. The highest BCUT2D eigenvalue weighted by atomic mass is 19.1. The Morgan fingerprint density at radius 1 is 1.07 bits per heavy atom. The van der Waals surface area contributed by atoms with Crippen molar-refractivity contribution in [2.24, 2.45) is 5.10 Å². The number of rotatable bonds is 5. The number of carbonyl (C=O) groups is 1. The number of nitrogens with one attached hydrogen (secondary N) is 1. The standard InChI is InChI=1S/C23H20FN3O2/c1-29-22-4-2-3-16(11-22)13-25-26-23(28)17-5-6-18-14-27(15-19(18)12-17)21-9-7-20(24)8-10-21/h2-13H,14-15H2,1H3,(H,26,28)/b25-13+. The normalized spacial score (nSPS) is 12.8. The zero-order chi connectivity index (χ0) is 20.2. The monoisotopic (exact) mass is 389 g/mol. The van der Waals surface area contributed by atoms with E-state index in [0.29, 0.717) is 12.1 Å². The van der Waals surface area contributed by atoms with E-state index in [-0.39, 0.29) is 11.7 Å². The minimum atomic E-state index is -0.271. The van der Waals surface area contributed by atoms with Crippen LogP contribution in [0.15, 0.2) is 71.8 Å². The average Bonchev–Trinajstić information content (AvgIpc) is 3.17. The third-order valence-corrected chi connectivity index (χ3v) is 4.86. The van der Waals surface area contributed by atoms with E-state index in [4.69, 9.17) is 4.74 Å². The lowest BCUT2D eigenvalue weighted by Gasteiger charge is -2.17. The SMILES string of the molecule is COc1cccc(/C=N/NC(=O)c2ccc3c(c2)CN(c2ccc(F)cc2)C3)c1. The molecule has 29 heavy (non-hydrogen) atoms. The van der Waals surface area contributed by atoms with Crippen molar-refractivity contribution >= 4 is 17.8 Å². The Balaban J connectivity index is 1.42. The van der Waals surface area contributed by atoms with Crippen LogP contribution < -0.4 is 15.1 Å². The molecule has 1 amide bonds. The largest absolute Gasteiger partial charge is 0.497 e. The molecule has 0 aromatic heterocycles. The number of halogens is 1. The Hall–Kier alpha value is -3.67. The molecular weight excluding hydrogens is 369 g/mol. The molecule has 0 radical (unpaired) electrons. The number of fused-ring (bicyclic) bond motifs is 1. The Morgan fingerprint density at radius 2 is 1.86 bits per heavy atom. The molecule has 1 aliphatic heterocycles. The number of ether oxygens (including phenoxy) is 1. The highest BCUT2D eigenvalue weighted by Gasteiger charge is 2.20. The van der Waals surface area contributed by atoms with Crippen LogP contribution in [0.1, 0.15) is 27.0 Å². The number of anilines is 1. The van der Waals surface area contributed by atoms with Gasteiger partial charge in [0.25, 0.3) is 5.91 Å². The Labute approximate surface area is 168 Å². The summed E-state index contributed by atoms with van der Waals surface area (Å²) in [6.45, 7) is 1.41. The number of hydrogen-bond acceptors (Lipinski definition) is 4. The molecule has 3 aromatic carbocycles. The second-order valence-corrected chi connectivity index (χ2v) is 6.79. The van der Waals surface area contributed by atoms with Crippen LogP contribution in [0.4, 0.5) is 10.1 Å². The van der Waals surface area contributed by atoms with Crippen molar-refractivity contribution < 1.29 is 13.9 Å². The summed E-state index contributed by atoms with van der Waals surface area (Å²) in [5.41, 5.74) is 7.13. The number of benzene rings is 3. The second kappa shape index (κ2) is 8.14. The number of hydrogen-bond donors (Lipinski definition) is 1. The average molecular weight is 389 g/mol. The van der Waals surface area contributed by atoms with E-state index >= 15 is 0 Å². The van der Waals surface area contributed by atoms with Gasteiger partial charge in [0.2, 0.25) is 0 Å². The summed E-state index contributed by atoms with van der Waals surface area (Å²) >= 11 is 0. The molecule has 5 nitrogen and oxygen atoms in total. The molecule has 0 bridgehead atoms. The number of methoxy groups -OCH3 is 1. The Bertz CT molecular complexity index is 1060. The van der Waals surface area contributed by atoms with E-state index in [9.17, 15) is 9.18 Å². The molecule has 1 heterocycles. The highest BCUT2D eigenvalue weighted by molar-refractivity contribution is 5.95. The Kier molecular flexibility index (Phi) is 5.24. The molecule has 0 aliphatic carbocycles. The molecular formula is C23H20FN3O2. The molecule has 0 saturated carbocycles. The number of carbonyl (C=O) groups excluding carboxylic acids is 1. The van der Waals surface area contributed by atoms with Gasteiger partial charge in [0, 0.05) is 24.3 Å². The molecule has 3 aromatic rings. The first-order chi connectivity index (χ1) is 14.1. The van der Waals surface area contributed by atoms with Crippen molar-refractivity contribution in [2.75, 3.05) is 12.0 Å². The van der Waals surface area contributed by atoms with Crippen molar-refractivity contribution in [2.45, 2.75) is 13.1 Å². The van der Waals surface area contributed by atoms with Crippen LogP contribution in [0.5, 0.6) is 5.75 Å². The molecule has 146 valence electrons. The number of hydrazone groups is 1. The van der Waals surface area contributed by atoms with Gasteiger partial charge in [-0.2, -0.15) is 5.10 Å². The maximum Gasteiger partial charge on any atom is 0.271 e. The van der Waals surface area contributed by atoms with E-state index in [2.05, 4.69) is 15.4 Å². The summed E-state index contributed by atoms with van der Waals surface area (Å²) in [7, 11) is 1.60. The van der Waals surface area contributed by atoms with Crippen molar-refractivity contribution in [3.63, 3.8) is 0 Å². The third-order valence-electron chi connectivity index (χ3n) is 4.86. The van der Waals surface area contributed by atoms with Crippen LogP contribution >= 0.6 is 0 Å². The van der Waals surface area contributed by atoms with Crippen molar-refractivity contribution in [1.82, 2.24) is 5.43 Å². The van der Waals surface area contributed by atoms with Gasteiger partial charge in [-0.25, -0.2) is 9.82 Å². The summed E-state index contributed by atoms with van der Waals surface area (Å²) in [4.78, 5) is 14.6. The number of nitrogens with zero attached hydrogens (tertiary/aromatic N) is 2. The van der Waals surface area contributed by atoms with Crippen LogP contribution in [0.3, 0.4) is 0 Å². The van der Waals surface area contributed by atoms with E-state index in [0.717, 1.165) is 34.7 Å². The number of amides is 1. The third kappa shape index (κ3) is 4.27. The van der Waals surface area contributed by atoms with Gasteiger partial charge >= 0.3 is 0 Å². The molecule has 1 N–H and O–H groups in total. The molecule has 0 atom stereocenters. The predicted octanol–water partition coefficient (Wildman–Crippen LogP) is 4.12. The topological polar surface area (TPSA) is 53.9 Å². The quantitative estimate of drug-likeness (QED) is 0.528. The van der Waals surface area contributed by atoms with E-state index in [1.807, 2.05) is 36.4 Å². The molecule has 1 aliphatic rings. The summed E-state index contributed by atoms with van der Waals surface area (Å²) in [6.07, 6.45) is 1.57. The van der Waals surface area contributed by atoms with Gasteiger partial charge in [0.1, 0.15) is 11.6 Å². The summed E-state index contributed by atoms with van der Waals surface area (Å²) in [5.74, 6) is 0.204. The zero-order valence-electron chi connectivity index (χ0n) is 15.9. The van der Waals surface area contributed by atoms with Crippen LogP contribution in [0.25, 0.3) is 0 Å². The van der Waals surface area contributed by atoms with Crippen LogP contribution in [0, 0.1) is 5.82 Å². The summed E-state index contributed by atoms with van der Waals surface area (Å²) in [6, 6.07) is 19.5. The van der Waals surface area contributed by atoms with E-state index in [1.165, 1.54) is 12.1 Å². The maximum atomic E-state index is 13.1. The zero-order valence-corrected chi connectivity index (χ0v) is 15.9. The van der Waals surface area contributed by atoms with E-state index < -0.39 is 0 Å². The van der Waals surface area contributed by atoms with Gasteiger partial charge in [0.15, 0.2) is 0 Å². The summed E-state index contributed by atoms with van der Waals surface area (Å²) < 4.78 is 18.3. The molecule has 6 heteroatoms. The molecule has 4 rings (SSSR count). The van der Waals surface area contributed by atoms with Gasteiger partial charge in [-0.3, -0.25) is 4.79 Å². The van der Waals surface area contributed by atoms with Gasteiger partial charge in [-0.1, -0.05) is 18.2 Å². The maximum absolute atomic E-state index is 13.1. The summed E-state index contributed by atoms with van der Waals surface area (Å²) in [5, 5.41) is 4.03. The lowest BCUT2D eigenvalue weighted by Crippen LogP contribution is -2.18. The van der Waals surface area contributed by atoms with Crippen LogP contribution in [-0.4, -0.2) is 19.2 Å².